The van der Waals surface area contributed by atoms with Crippen LogP contribution >= 0.6 is 0 Å². The van der Waals surface area contributed by atoms with Gasteiger partial charge in [0.1, 0.15) is 0 Å². The summed E-state index contributed by atoms with van der Waals surface area (Å²) in [6.07, 6.45) is 3.46. The fourth-order valence-corrected chi connectivity index (χ4v) is 1.92. The molecule has 0 radical (unpaired) electrons. The quantitative estimate of drug-likeness (QED) is 0.795. The van der Waals surface area contributed by atoms with Crippen LogP contribution in [-0.2, 0) is 9.47 Å². The van der Waals surface area contributed by atoms with Crippen LogP contribution < -0.4 is 0 Å². The number of nitrogens with zero attached hydrogens (tertiary/aromatic N) is 1. The minimum absolute atomic E-state index is 0.331. The topological polar surface area (TPSA) is 57.0 Å². The Morgan fingerprint density at radius 3 is 2.58 bits per heavy atom. The van der Waals surface area contributed by atoms with Crippen molar-refractivity contribution in [3.63, 3.8) is 0 Å². The maximum absolute atomic E-state index is 11.8. The van der Waals surface area contributed by atoms with Crippen LogP contribution in [0.3, 0.4) is 0 Å². The van der Waals surface area contributed by atoms with Gasteiger partial charge < -0.3 is 13.9 Å². The number of carbonyl (C=O) groups is 2. The maximum Gasteiger partial charge on any atom is 0.339 e. The predicted molar refractivity (Wildman–Crippen MR) is 69.4 cm³/mol. The molecule has 0 fully saturated rings. The third-order valence-corrected chi connectivity index (χ3v) is 2.85. The van der Waals surface area contributed by atoms with Gasteiger partial charge in [0.05, 0.1) is 24.8 Å². The maximum atomic E-state index is 11.8. The first-order chi connectivity index (χ1) is 9.06. The summed E-state index contributed by atoms with van der Waals surface area (Å²) in [4.78, 5) is 23.2. The molecule has 2 aromatic rings. The fraction of sp³-hybridized carbons (Fsp3) is 0.286. The van der Waals surface area contributed by atoms with Gasteiger partial charge in [0.2, 0.25) is 0 Å². The number of ether oxygens (including phenoxy) is 2. The zero-order valence-corrected chi connectivity index (χ0v) is 11.1. The van der Waals surface area contributed by atoms with E-state index in [0.29, 0.717) is 17.7 Å². The third-order valence-electron chi connectivity index (χ3n) is 2.85. The van der Waals surface area contributed by atoms with Gasteiger partial charge in [-0.3, -0.25) is 0 Å². The molecule has 19 heavy (non-hydrogen) atoms. The zero-order valence-electron chi connectivity index (χ0n) is 11.1. The lowest BCUT2D eigenvalue weighted by Gasteiger charge is -2.06. The Hall–Kier alpha value is -2.30. The number of aromatic nitrogens is 1. The molecule has 0 aliphatic rings. The Bertz CT molecular complexity index is 642. The second kappa shape index (κ2) is 5.14. The van der Waals surface area contributed by atoms with Crippen molar-refractivity contribution in [1.82, 2.24) is 4.40 Å². The van der Waals surface area contributed by atoms with Crippen LogP contribution in [0.25, 0.3) is 5.52 Å². The van der Waals surface area contributed by atoms with Gasteiger partial charge in [0.15, 0.2) is 0 Å². The van der Waals surface area contributed by atoms with E-state index in [4.69, 9.17) is 4.74 Å². The van der Waals surface area contributed by atoms with Gasteiger partial charge in [-0.05, 0) is 31.5 Å². The first-order valence-electron chi connectivity index (χ1n) is 5.94. The van der Waals surface area contributed by atoms with Gasteiger partial charge in [-0.2, -0.15) is 0 Å². The molecule has 0 unspecified atom stereocenters. The molecule has 0 amide bonds. The molecule has 0 saturated heterocycles. The summed E-state index contributed by atoms with van der Waals surface area (Å²) in [5, 5.41) is 0. The Kier molecular flexibility index (Phi) is 3.55. The number of pyridine rings is 1. The van der Waals surface area contributed by atoms with E-state index >= 15 is 0 Å². The second-order valence-electron chi connectivity index (χ2n) is 4.14. The highest BCUT2D eigenvalue weighted by Gasteiger charge is 2.14. The summed E-state index contributed by atoms with van der Waals surface area (Å²) in [5.74, 6) is -0.762. The van der Waals surface area contributed by atoms with Crippen LogP contribution in [0.5, 0.6) is 0 Å². The van der Waals surface area contributed by atoms with Gasteiger partial charge >= 0.3 is 11.9 Å². The molecule has 0 aliphatic heterocycles. The number of methoxy groups -OCH3 is 1. The van der Waals surface area contributed by atoms with Gasteiger partial charge in [0.25, 0.3) is 0 Å². The molecule has 2 heterocycles. The van der Waals surface area contributed by atoms with Crippen molar-refractivity contribution in [3.05, 3.63) is 41.2 Å². The van der Waals surface area contributed by atoms with Crippen molar-refractivity contribution in [3.8, 4) is 0 Å². The standard InChI is InChI=1S/C14H15NO4/c1-4-19-14(17)12-6-11-5-10(13(16)18-3)8-15(11)7-9(12)2/h5-8H,4H2,1-3H3. The highest BCUT2D eigenvalue weighted by molar-refractivity contribution is 5.94. The molecular formula is C14H15NO4. The Balaban J connectivity index is 2.49. The average Bonchev–Trinajstić information content (AvgIpc) is 2.79. The first kappa shape index (κ1) is 13.1. The minimum Gasteiger partial charge on any atom is -0.465 e. The minimum atomic E-state index is -0.404. The number of esters is 2. The van der Waals surface area contributed by atoms with Gasteiger partial charge in [-0.1, -0.05) is 0 Å². The van der Waals surface area contributed by atoms with Crippen LogP contribution in [0.4, 0.5) is 0 Å². The lowest BCUT2D eigenvalue weighted by Crippen LogP contribution is -2.07. The molecule has 2 aromatic heterocycles. The number of aryl methyl sites for hydroxylation is 1. The summed E-state index contributed by atoms with van der Waals surface area (Å²) in [6, 6.07) is 3.38. The van der Waals surface area contributed by atoms with E-state index in [1.807, 2.05) is 6.92 Å². The molecule has 2 rings (SSSR count). The molecule has 0 saturated carbocycles. The summed E-state index contributed by atoms with van der Waals surface area (Å²) in [6.45, 7) is 3.92. The van der Waals surface area contributed by atoms with Crippen molar-refractivity contribution < 1.29 is 19.1 Å². The lowest BCUT2D eigenvalue weighted by molar-refractivity contribution is 0.0524. The summed E-state index contributed by atoms with van der Waals surface area (Å²) >= 11 is 0. The van der Waals surface area contributed by atoms with E-state index in [2.05, 4.69) is 4.74 Å². The summed E-state index contributed by atoms with van der Waals surface area (Å²) < 4.78 is 11.4. The Morgan fingerprint density at radius 2 is 1.95 bits per heavy atom. The van der Waals surface area contributed by atoms with Crippen LogP contribution in [0, 0.1) is 6.92 Å². The van der Waals surface area contributed by atoms with Crippen molar-refractivity contribution in [2.45, 2.75) is 13.8 Å². The predicted octanol–water partition coefficient (Wildman–Crippen LogP) is 2.21. The van der Waals surface area contributed by atoms with Crippen molar-refractivity contribution in [1.29, 1.82) is 0 Å². The summed E-state index contributed by atoms with van der Waals surface area (Å²) in [7, 11) is 1.33. The van der Waals surface area contributed by atoms with E-state index in [0.717, 1.165) is 11.1 Å². The Labute approximate surface area is 110 Å². The van der Waals surface area contributed by atoms with E-state index in [-0.39, 0.29) is 5.97 Å². The smallest absolute Gasteiger partial charge is 0.339 e. The number of carbonyl (C=O) groups excluding carboxylic acids is 2. The molecular weight excluding hydrogens is 246 g/mol. The van der Waals surface area contributed by atoms with E-state index in [9.17, 15) is 9.59 Å². The monoisotopic (exact) mass is 261 g/mol. The molecule has 5 heteroatoms. The number of hydrogen-bond donors (Lipinski definition) is 0. The van der Waals surface area contributed by atoms with E-state index in [1.54, 1.807) is 35.9 Å². The fourth-order valence-electron chi connectivity index (χ4n) is 1.92. The highest BCUT2D eigenvalue weighted by atomic mass is 16.5. The molecule has 0 atom stereocenters. The molecule has 5 nitrogen and oxygen atoms in total. The largest absolute Gasteiger partial charge is 0.465 e. The van der Waals surface area contributed by atoms with Crippen molar-refractivity contribution in [2.75, 3.05) is 13.7 Å². The van der Waals surface area contributed by atoms with Gasteiger partial charge in [-0.25, -0.2) is 9.59 Å². The van der Waals surface area contributed by atoms with Crippen LogP contribution in [0.1, 0.15) is 33.2 Å². The molecule has 0 aliphatic carbocycles. The van der Waals surface area contributed by atoms with E-state index in [1.165, 1.54) is 7.11 Å². The number of hydrogen-bond acceptors (Lipinski definition) is 4. The lowest BCUT2D eigenvalue weighted by atomic mass is 10.1. The molecule has 0 aromatic carbocycles. The average molecular weight is 261 g/mol. The molecule has 0 bridgehead atoms. The second-order valence-corrected chi connectivity index (χ2v) is 4.14. The van der Waals surface area contributed by atoms with Crippen LogP contribution in [0.15, 0.2) is 24.5 Å². The van der Waals surface area contributed by atoms with Gasteiger partial charge in [0, 0.05) is 17.9 Å². The molecule has 100 valence electrons. The number of rotatable bonds is 3. The van der Waals surface area contributed by atoms with Crippen molar-refractivity contribution in [2.24, 2.45) is 0 Å². The first-order valence-corrected chi connectivity index (χ1v) is 5.94. The zero-order chi connectivity index (χ0) is 14.0. The SMILES string of the molecule is CCOC(=O)c1cc2cc(C(=O)OC)cn2cc1C. The third kappa shape index (κ3) is 2.45. The van der Waals surface area contributed by atoms with Crippen LogP contribution in [-0.4, -0.2) is 30.1 Å². The number of fused-ring (bicyclic) bond motifs is 1. The van der Waals surface area contributed by atoms with E-state index < -0.39 is 5.97 Å². The summed E-state index contributed by atoms with van der Waals surface area (Å²) in [5.41, 5.74) is 2.48. The van der Waals surface area contributed by atoms with Crippen LogP contribution in [0.2, 0.25) is 0 Å². The molecule has 0 spiro atoms. The highest BCUT2D eigenvalue weighted by Crippen LogP contribution is 2.17. The van der Waals surface area contributed by atoms with Crippen molar-refractivity contribution >= 4 is 17.5 Å². The molecule has 0 N–H and O–H groups in total. The normalized spacial score (nSPS) is 10.5. The Morgan fingerprint density at radius 1 is 1.21 bits per heavy atom. The van der Waals surface area contributed by atoms with Gasteiger partial charge in [-0.15, -0.1) is 0 Å².